The lowest BCUT2D eigenvalue weighted by molar-refractivity contribution is 0.0523. The molecule has 2 aromatic heterocycles. The first-order chi connectivity index (χ1) is 10.7. The Hall–Kier alpha value is -2.41. The maximum atomic E-state index is 12.7. The Morgan fingerprint density at radius 1 is 1.36 bits per heavy atom. The molecule has 0 aliphatic carbocycles. The van der Waals surface area contributed by atoms with Crippen LogP contribution in [0.2, 0.25) is 0 Å². The zero-order valence-electron chi connectivity index (χ0n) is 12.3. The summed E-state index contributed by atoms with van der Waals surface area (Å²) in [7, 11) is 0. The van der Waals surface area contributed by atoms with Gasteiger partial charge in [-0.05, 0) is 19.1 Å². The Morgan fingerprint density at radius 3 is 2.86 bits per heavy atom. The van der Waals surface area contributed by atoms with Gasteiger partial charge in [-0.1, -0.05) is 6.07 Å². The number of morpholine rings is 1. The van der Waals surface area contributed by atoms with Gasteiger partial charge < -0.3 is 14.4 Å². The lowest BCUT2D eigenvalue weighted by Gasteiger charge is -2.29. The van der Waals surface area contributed by atoms with Crippen LogP contribution in [0.5, 0.6) is 0 Å². The molecule has 0 amide bonds. The highest BCUT2D eigenvalue weighted by Crippen LogP contribution is 2.18. The van der Waals surface area contributed by atoms with E-state index in [0.717, 1.165) is 0 Å². The summed E-state index contributed by atoms with van der Waals surface area (Å²) in [4.78, 5) is 31.3. The van der Waals surface area contributed by atoms with E-state index in [4.69, 9.17) is 9.47 Å². The smallest absolute Gasteiger partial charge is 0.347 e. The number of nitrogens with zero attached hydrogens (tertiary/aromatic N) is 3. The maximum absolute atomic E-state index is 12.7. The number of fused-ring (bicyclic) bond motifs is 1. The van der Waals surface area contributed by atoms with Crippen molar-refractivity contribution in [2.45, 2.75) is 6.92 Å². The quantitative estimate of drug-likeness (QED) is 0.778. The second-order valence-electron chi connectivity index (χ2n) is 4.86. The number of aromatic nitrogens is 2. The summed E-state index contributed by atoms with van der Waals surface area (Å²) in [5, 5.41) is 0. The molecule has 2 aromatic rings. The first kappa shape index (κ1) is 14.5. The van der Waals surface area contributed by atoms with Gasteiger partial charge in [0, 0.05) is 19.3 Å². The lowest BCUT2D eigenvalue weighted by Crippen LogP contribution is -2.40. The summed E-state index contributed by atoms with van der Waals surface area (Å²) in [6.07, 6.45) is 1.59. The molecule has 0 spiro atoms. The van der Waals surface area contributed by atoms with Crippen LogP contribution < -0.4 is 10.5 Å². The van der Waals surface area contributed by atoms with Gasteiger partial charge in [0.2, 0.25) is 0 Å². The fourth-order valence-electron chi connectivity index (χ4n) is 2.46. The molecule has 0 radical (unpaired) electrons. The minimum atomic E-state index is -0.639. The number of pyridine rings is 1. The molecule has 0 aromatic carbocycles. The van der Waals surface area contributed by atoms with Gasteiger partial charge >= 0.3 is 5.97 Å². The van der Waals surface area contributed by atoms with Crippen molar-refractivity contribution in [3.8, 4) is 0 Å². The second-order valence-corrected chi connectivity index (χ2v) is 4.86. The Morgan fingerprint density at radius 2 is 2.14 bits per heavy atom. The summed E-state index contributed by atoms with van der Waals surface area (Å²) in [5.74, 6) is -0.266. The van der Waals surface area contributed by atoms with Crippen LogP contribution in [-0.4, -0.2) is 48.3 Å². The Labute approximate surface area is 127 Å². The topological polar surface area (TPSA) is 73.1 Å². The number of carbonyl (C=O) groups is 1. The number of hydrogen-bond donors (Lipinski definition) is 0. The van der Waals surface area contributed by atoms with Gasteiger partial charge in [0.1, 0.15) is 5.65 Å². The molecule has 0 bridgehead atoms. The molecule has 116 valence electrons. The Kier molecular flexibility index (Phi) is 4.06. The zero-order chi connectivity index (χ0) is 15.5. The number of esters is 1. The summed E-state index contributed by atoms with van der Waals surface area (Å²) >= 11 is 0. The fourth-order valence-corrected chi connectivity index (χ4v) is 2.46. The zero-order valence-corrected chi connectivity index (χ0v) is 12.3. The van der Waals surface area contributed by atoms with Crippen LogP contribution in [0.4, 0.5) is 5.82 Å². The number of ether oxygens (including phenoxy) is 2. The van der Waals surface area contributed by atoms with E-state index in [1.54, 1.807) is 31.3 Å². The van der Waals surface area contributed by atoms with Crippen molar-refractivity contribution in [1.29, 1.82) is 0 Å². The van der Waals surface area contributed by atoms with E-state index in [0.29, 0.717) is 37.8 Å². The molecule has 0 atom stereocenters. The summed E-state index contributed by atoms with van der Waals surface area (Å²) in [5.41, 5.74) is 0.0695. The molecule has 3 rings (SSSR count). The van der Waals surface area contributed by atoms with Crippen molar-refractivity contribution in [2.75, 3.05) is 37.8 Å². The highest BCUT2D eigenvalue weighted by molar-refractivity contribution is 5.95. The third-order valence-electron chi connectivity index (χ3n) is 3.51. The van der Waals surface area contributed by atoms with Gasteiger partial charge in [-0.3, -0.25) is 9.20 Å². The molecule has 0 unspecified atom stereocenters. The van der Waals surface area contributed by atoms with E-state index in [9.17, 15) is 9.59 Å². The molecule has 1 saturated heterocycles. The van der Waals surface area contributed by atoms with Crippen molar-refractivity contribution >= 4 is 17.4 Å². The third kappa shape index (κ3) is 2.55. The Bertz CT molecular complexity index is 750. The molecule has 22 heavy (non-hydrogen) atoms. The van der Waals surface area contributed by atoms with Crippen LogP contribution in [0.3, 0.4) is 0 Å². The molecule has 0 saturated carbocycles. The SMILES string of the molecule is CCOC(=O)c1c(N2CCOCC2)nc2ccccn2c1=O. The molecule has 1 aliphatic heterocycles. The van der Waals surface area contributed by atoms with E-state index >= 15 is 0 Å². The number of rotatable bonds is 3. The first-order valence-corrected chi connectivity index (χ1v) is 7.23. The molecular weight excluding hydrogens is 286 g/mol. The molecule has 7 heteroatoms. The third-order valence-corrected chi connectivity index (χ3v) is 3.51. The minimum Gasteiger partial charge on any atom is -0.462 e. The van der Waals surface area contributed by atoms with Gasteiger partial charge in [0.25, 0.3) is 5.56 Å². The second kappa shape index (κ2) is 6.15. The van der Waals surface area contributed by atoms with E-state index < -0.39 is 11.5 Å². The number of hydrogen-bond acceptors (Lipinski definition) is 6. The average Bonchev–Trinajstić information content (AvgIpc) is 2.55. The first-order valence-electron chi connectivity index (χ1n) is 7.23. The molecule has 0 N–H and O–H groups in total. The fraction of sp³-hybridized carbons (Fsp3) is 0.400. The van der Waals surface area contributed by atoms with Crippen LogP contribution in [-0.2, 0) is 9.47 Å². The molecule has 1 aliphatic rings. The van der Waals surface area contributed by atoms with Gasteiger partial charge in [-0.2, -0.15) is 0 Å². The predicted molar refractivity (Wildman–Crippen MR) is 80.5 cm³/mol. The van der Waals surface area contributed by atoms with Crippen molar-refractivity contribution in [3.63, 3.8) is 0 Å². The van der Waals surface area contributed by atoms with Crippen LogP contribution in [0.1, 0.15) is 17.3 Å². The standard InChI is InChI=1S/C15H17N3O4/c1-2-22-15(20)12-13(17-7-9-21-10-8-17)16-11-5-3-4-6-18(11)14(12)19/h3-6H,2,7-10H2,1H3. The van der Waals surface area contributed by atoms with Crippen LogP contribution in [0.25, 0.3) is 5.65 Å². The molecule has 1 fully saturated rings. The van der Waals surface area contributed by atoms with Crippen molar-refractivity contribution in [2.24, 2.45) is 0 Å². The monoisotopic (exact) mass is 303 g/mol. The van der Waals surface area contributed by atoms with Crippen molar-refractivity contribution in [1.82, 2.24) is 9.38 Å². The summed E-state index contributed by atoms with van der Waals surface area (Å²) < 4.78 is 11.7. The molecule has 3 heterocycles. The summed E-state index contributed by atoms with van der Waals surface area (Å²) in [6.45, 7) is 4.16. The number of carbonyl (C=O) groups excluding carboxylic acids is 1. The van der Waals surface area contributed by atoms with Crippen molar-refractivity contribution in [3.05, 3.63) is 40.3 Å². The molecular formula is C15H17N3O4. The van der Waals surface area contributed by atoms with Gasteiger partial charge in [0.05, 0.1) is 19.8 Å². The normalized spacial score (nSPS) is 15.0. The van der Waals surface area contributed by atoms with E-state index in [2.05, 4.69) is 4.98 Å². The van der Waals surface area contributed by atoms with Crippen LogP contribution >= 0.6 is 0 Å². The average molecular weight is 303 g/mol. The lowest BCUT2D eigenvalue weighted by atomic mass is 10.2. The van der Waals surface area contributed by atoms with E-state index in [-0.39, 0.29) is 12.2 Å². The summed E-state index contributed by atoms with van der Waals surface area (Å²) in [6, 6.07) is 5.26. The van der Waals surface area contributed by atoms with E-state index in [1.807, 2.05) is 4.90 Å². The highest BCUT2D eigenvalue weighted by Gasteiger charge is 2.26. The van der Waals surface area contributed by atoms with Gasteiger partial charge in [-0.25, -0.2) is 9.78 Å². The van der Waals surface area contributed by atoms with Gasteiger partial charge in [-0.15, -0.1) is 0 Å². The minimum absolute atomic E-state index is 0.0209. The Balaban J connectivity index is 2.20. The van der Waals surface area contributed by atoms with E-state index in [1.165, 1.54) is 4.40 Å². The highest BCUT2D eigenvalue weighted by atomic mass is 16.5. The van der Waals surface area contributed by atoms with Crippen molar-refractivity contribution < 1.29 is 14.3 Å². The predicted octanol–water partition coefficient (Wildman–Crippen LogP) is 0.708. The van der Waals surface area contributed by atoms with Gasteiger partial charge in [0.15, 0.2) is 11.4 Å². The van der Waals surface area contributed by atoms with Crippen LogP contribution in [0, 0.1) is 0 Å². The van der Waals surface area contributed by atoms with Crippen LogP contribution in [0.15, 0.2) is 29.2 Å². The maximum Gasteiger partial charge on any atom is 0.347 e. The largest absolute Gasteiger partial charge is 0.462 e. The molecule has 7 nitrogen and oxygen atoms in total. The number of anilines is 1.